The molecule has 0 aliphatic carbocycles. The summed E-state index contributed by atoms with van der Waals surface area (Å²) in [5.41, 5.74) is 0. The van der Waals surface area contributed by atoms with E-state index in [9.17, 15) is 14.4 Å². The molecule has 7 heteroatoms. The molecule has 0 bridgehead atoms. The van der Waals surface area contributed by atoms with Crippen LogP contribution in [-0.2, 0) is 14.3 Å². The molecule has 1 aliphatic heterocycles. The third-order valence-corrected chi connectivity index (χ3v) is 2.13. The largest absolute Gasteiger partial charge is 0.480 e. The molecule has 84 valence electrons. The lowest BCUT2D eigenvalue weighted by Gasteiger charge is -2.16. The number of carbonyl (C=O) groups is 3. The number of aliphatic carboxylic acids is 1. The fourth-order valence-electron chi connectivity index (χ4n) is 1.56. The Balaban J connectivity index is 2.69. The van der Waals surface area contributed by atoms with Crippen molar-refractivity contribution in [2.45, 2.75) is 25.5 Å². The molecule has 7 nitrogen and oxygen atoms in total. The van der Waals surface area contributed by atoms with Gasteiger partial charge in [0, 0.05) is 13.3 Å². The van der Waals surface area contributed by atoms with E-state index >= 15 is 0 Å². The molecule has 1 fully saturated rings. The van der Waals surface area contributed by atoms with E-state index in [-0.39, 0.29) is 13.0 Å². The summed E-state index contributed by atoms with van der Waals surface area (Å²) in [7, 11) is 0. The summed E-state index contributed by atoms with van der Waals surface area (Å²) >= 11 is 0. The second kappa shape index (κ2) is 4.16. The zero-order valence-corrected chi connectivity index (χ0v) is 8.04. The zero-order chi connectivity index (χ0) is 11.6. The second-order valence-corrected chi connectivity index (χ2v) is 3.26. The molecule has 0 saturated carbocycles. The summed E-state index contributed by atoms with van der Waals surface area (Å²) in [6.07, 6.45) is -1.99. The van der Waals surface area contributed by atoms with E-state index in [4.69, 9.17) is 14.9 Å². The molecule has 1 heterocycles. The van der Waals surface area contributed by atoms with Crippen LogP contribution in [-0.4, -0.2) is 51.8 Å². The number of rotatable bonds is 2. The van der Waals surface area contributed by atoms with Crippen LogP contribution in [0.25, 0.3) is 0 Å². The number of carboxylic acid groups (broad SMARTS) is 2. The van der Waals surface area contributed by atoms with Gasteiger partial charge in [-0.1, -0.05) is 0 Å². The maximum absolute atomic E-state index is 10.7. The second-order valence-electron chi connectivity index (χ2n) is 3.26. The van der Waals surface area contributed by atoms with E-state index in [1.165, 1.54) is 6.92 Å². The topological polar surface area (TPSA) is 104 Å². The third-order valence-electron chi connectivity index (χ3n) is 2.13. The van der Waals surface area contributed by atoms with Crippen LogP contribution in [0.4, 0.5) is 4.79 Å². The van der Waals surface area contributed by atoms with Gasteiger partial charge in [0.15, 0.2) is 0 Å². The minimum absolute atomic E-state index is 0.00120. The minimum atomic E-state index is -1.32. The van der Waals surface area contributed by atoms with Crippen LogP contribution in [0.3, 0.4) is 0 Å². The maximum atomic E-state index is 10.7. The smallest absolute Gasteiger partial charge is 0.408 e. The van der Waals surface area contributed by atoms with Gasteiger partial charge in [0.25, 0.3) is 0 Å². The monoisotopic (exact) mass is 217 g/mol. The van der Waals surface area contributed by atoms with Gasteiger partial charge in [0.2, 0.25) is 0 Å². The van der Waals surface area contributed by atoms with Gasteiger partial charge in [-0.15, -0.1) is 0 Å². The van der Waals surface area contributed by atoms with E-state index in [2.05, 4.69) is 0 Å². The molecule has 0 aromatic heterocycles. The maximum Gasteiger partial charge on any atom is 0.408 e. The third kappa shape index (κ3) is 2.58. The highest BCUT2D eigenvalue weighted by atomic mass is 16.5. The van der Waals surface area contributed by atoms with Gasteiger partial charge in [0.05, 0.1) is 6.54 Å². The van der Waals surface area contributed by atoms with Crippen molar-refractivity contribution in [3.8, 4) is 0 Å². The Morgan fingerprint density at radius 1 is 1.33 bits per heavy atom. The summed E-state index contributed by atoms with van der Waals surface area (Å²) in [5.74, 6) is -1.77. The fourth-order valence-corrected chi connectivity index (χ4v) is 1.56. The molecule has 1 saturated heterocycles. The van der Waals surface area contributed by atoms with Crippen molar-refractivity contribution in [3.63, 3.8) is 0 Å². The Hall–Kier alpha value is -1.79. The van der Waals surface area contributed by atoms with Gasteiger partial charge in [-0.2, -0.15) is 0 Å². The lowest BCUT2D eigenvalue weighted by Crippen LogP contribution is -2.39. The molecular formula is C8H11NO6. The van der Waals surface area contributed by atoms with Crippen molar-refractivity contribution in [1.82, 2.24) is 4.90 Å². The summed E-state index contributed by atoms with van der Waals surface area (Å²) in [6.45, 7) is 1.10. The first kappa shape index (κ1) is 11.3. The number of carboxylic acids is 1. The first-order valence-corrected chi connectivity index (χ1v) is 4.31. The highest BCUT2D eigenvalue weighted by molar-refractivity contribution is 5.80. The van der Waals surface area contributed by atoms with Crippen LogP contribution >= 0.6 is 0 Å². The van der Waals surface area contributed by atoms with Crippen LogP contribution in [0.5, 0.6) is 0 Å². The van der Waals surface area contributed by atoms with E-state index in [0.29, 0.717) is 0 Å². The van der Waals surface area contributed by atoms with Crippen LogP contribution < -0.4 is 0 Å². The molecule has 2 N–H and O–H groups in total. The zero-order valence-electron chi connectivity index (χ0n) is 8.04. The molecule has 0 radical (unpaired) electrons. The Kier molecular flexibility index (Phi) is 3.13. The van der Waals surface area contributed by atoms with Crippen LogP contribution in [0, 0.1) is 0 Å². The Morgan fingerprint density at radius 3 is 2.27 bits per heavy atom. The van der Waals surface area contributed by atoms with E-state index in [1.54, 1.807) is 0 Å². The van der Waals surface area contributed by atoms with Crippen LogP contribution in [0.2, 0.25) is 0 Å². The number of carbonyl (C=O) groups excluding carboxylic acids is 1. The van der Waals surface area contributed by atoms with Crippen molar-refractivity contribution in [1.29, 1.82) is 0 Å². The number of hydrogen-bond acceptors (Lipinski definition) is 4. The predicted molar refractivity (Wildman–Crippen MR) is 46.3 cm³/mol. The Labute approximate surface area is 85.2 Å². The predicted octanol–water partition coefficient (Wildman–Crippen LogP) is -0.245. The minimum Gasteiger partial charge on any atom is -0.480 e. The molecule has 2 atom stereocenters. The standard InChI is InChI=1S/C8H11NO6/c1-4(10)15-5-2-6(7(11)12)9(3-5)8(13)14/h5-6H,2-3H2,1H3,(H,11,12)(H,13,14)/t5-,6-/m1/s1. The van der Waals surface area contributed by atoms with Crippen molar-refractivity contribution < 1.29 is 29.3 Å². The Morgan fingerprint density at radius 2 is 1.93 bits per heavy atom. The average Bonchev–Trinajstić information content (AvgIpc) is 2.46. The number of amides is 1. The normalized spacial score (nSPS) is 25.0. The number of nitrogens with zero attached hydrogens (tertiary/aromatic N) is 1. The number of ether oxygens (including phenoxy) is 1. The SMILES string of the molecule is CC(=O)O[C@@H]1C[C@H](C(=O)O)N(C(=O)O)C1. The van der Waals surface area contributed by atoms with Gasteiger partial charge in [-0.05, 0) is 0 Å². The molecular weight excluding hydrogens is 206 g/mol. The molecule has 0 unspecified atom stereocenters. The van der Waals surface area contributed by atoms with Crippen LogP contribution in [0.15, 0.2) is 0 Å². The van der Waals surface area contributed by atoms with Crippen molar-refractivity contribution in [2.75, 3.05) is 6.54 Å². The van der Waals surface area contributed by atoms with Gasteiger partial charge in [-0.25, -0.2) is 9.59 Å². The molecule has 1 rings (SSSR count). The average molecular weight is 217 g/mol. The van der Waals surface area contributed by atoms with Crippen molar-refractivity contribution in [2.24, 2.45) is 0 Å². The summed E-state index contributed by atoms with van der Waals surface area (Å²) in [6, 6.07) is -1.13. The quantitative estimate of drug-likeness (QED) is 0.618. The molecule has 15 heavy (non-hydrogen) atoms. The van der Waals surface area contributed by atoms with E-state index in [1.807, 2.05) is 0 Å². The molecule has 1 amide bonds. The van der Waals surface area contributed by atoms with Crippen molar-refractivity contribution >= 4 is 18.0 Å². The first-order valence-electron chi connectivity index (χ1n) is 4.31. The van der Waals surface area contributed by atoms with Crippen molar-refractivity contribution in [3.05, 3.63) is 0 Å². The lowest BCUT2D eigenvalue weighted by molar-refractivity contribution is -0.146. The molecule has 0 spiro atoms. The van der Waals surface area contributed by atoms with Gasteiger partial charge >= 0.3 is 18.0 Å². The first-order chi connectivity index (χ1) is 6.91. The number of esters is 1. The molecule has 1 aliphatic rings. The van der Waals surface area contributed by atoms with Crippen LogP contribution in [0.1, 0.15) is 13.3 Å². The molecule has 0 aromatic rings. The summed E-state index contributed by atoms with van der Waals surface area (Å²) < 4.78 is 4.76. The highest BCUT2D eigenvalue weighted by Crippen LogP contribution is 2.20. The lowest BCUT2D eigenvalue weighted by atomic mass is 10.2. The highest BCUT2D eigenvalue weighted by Gasteiger charge is 2.41. The van der Waals surface area contributed by atoms with E-state index < -0.39 is 30.2 Å². The van der Waals surface area contributed by atoms with E-state index in [0.717, 1.165) is 4.90 Å². The van der Waals surface area contributed by atoms with Gasteiger partial charge in [0.1, 0.15) is 12.1 Å². The fraction of sp³-hybridized carbons (Fsp3) is 0.625. The summed E-state index contributed by atoms with van der Waals surface area (Å²) in [5, 5.41) is 17.4. The van der Waals surface area contributed by atoms with Gasteiger partial charge in [-0.3, -0.25) is 9.69 Å². The molecule has 0 aromatic carbocycles. The van der Waals surface area contributed by atoms with Gasteiger partial charge < -0.3 is 14.9 Å². The number of likely N-dealkylation sites (tertiary alicyclic amines) is 1. The summed E-state index contributed by atoms with van der Waals surface area (Å²) in [4.78, 5) is 32.7. The Bertz CT molecular complexity index is 280. The number of hydrogen-bond donors (Lipinski definition) is 2.